The minimum absolute atomic E-state index is 0.114. The minimum Gasteiger partial charge on any atom is -0.480 e. The van der Waals surface area contributed by atoms with Crippen LogP contribution in [0, 0.1) is 0 Å². The number of carbonyl (C=O) groups is 2. The van der Waals surface area contributed by atoms with Crippen LogP contribution < -0.4 is 0 Å². The van der Waals surface area contributed by atoms with Gasteiger partial charge in [-0.3, -0.25) is 4.90 Å². The van der Waals surface area contributed by atoms with Crippen molar-refractivity contribution in [2.24, 2.45) is 0 Å². The second-order valence-electron chi connectivity index (χ2n) is 7.32. The SMILES string of the molecule is CC(C)(C)OC(=O)N1C(C(=O)O)CCC12CCC(F)(F)CC2. The number of rotatable bonds is 1. The summed E-state index contributed by atoms with van der Waals surface area (Å²) in [6.45, 7) is 5.08. The van der Waals surface area contributed by atoms with Gasteiger partial charge in [0.1, 0.15) is 11.6 Å². The van der Waals surface area contributed by atoms with E-state index in [-0.39, 0.29) is 32.1 Å². The summed E-state index contributed by atoms with van der Waals surface area (Å²) in [5.41, 5.74) is -1.57. The van der Waals surface area contributed by atoms with Crippen LogP contribution in [0.25, 0.3) is 0 Å². The van der Waals surface area contributed by atoms with Crippen molar-refractivity contribution in [1.82, 2.24) is 4.90 Å². The number of ether oxygens (including phenoxy) is 1. The zero-order valence-corrected chi connectivity index (χ0v) is 13.2. The van der Waals surface area contributed by atoms with E-state index in [1.807, 2.05) is 0 Å². The number of aliphatic carboxylic acids is 1. The number of hydrogen-bond donors (Lipinski definition) is 1. The van der Waals surface area contributed by atoms with Crippen LogP contribution in [-0.4, -0.2) is 45.2 Å². The van der Waals surface area contributed by atoms with Crippen molar-refractivity contribution in [2.45, 2.75) is 82.4 Å². The molecule has 1 heterocycles. The molecular weight excluding hydrogens is 296 g/mol. The highest BCUT2D eigenvalue weighted by atomic mass is 19.3. The van der Waals surface area contributed by atoms with E-state index in [0.29, 0.717) is 6.42 Å². The van der Waals surface area contributed by atoms with Gasteiger partial charge in [0.15, 0.2) is 0 Å². The topological polar surface area (TPSA) is 66.8 Å². The largest absolute Gasteiger partial charge is 0.480 e. The molecule has 2 fully saturated rings. The zero-order chi connectivity index (χ0) is 16.8. The molecule has 1 aliphatic heterocycles. The zero-order valence-electron chi connectivity index (χ0n) is 13.2. The van der Waals surface area contributed by atoms with E-state index in [9.17, 15) is 23.5 Å². The third-order valence-electron chi connectivity index (χ3n) is 4.49. The predicted molar refractivity (Wildman–Crippen MR) is 74.9 cm³/mol. The highest BCUT2D eigenvalue weighted by molar-refractivity contribution is 5.81. The van der Waals surface area contributed by atoms with Gasteiger partial charge < -0.3 is 9.84 Å². The van der Waals surface area contributed by atoms with E-state index in [1.54, 1.807) is 20.8 Å². The van der Waals surface area contributed by atoms with Gasteiger partial charge in [-0.15, -0.1) is 0 Å². The van der Waals surface area contributed by atoms with Crippen molar-refractivity contribution in [1.29, 1.82) is 0 Å². The molecule has 1 saturated heterocycles. The Morgan fingerprint density at radius 1 is 1.14 bits per heavy atom. The number of hydrogen-bond acceptors (Lipinski definition) is 3. The van der Waals surface area contributed by atoms with Crippen molar-refractivity contribution in [3.8, 4) is 0 Å². The fourth-order valence-electron chi connectivity index (χ4n) is 3.42. The van der Waals surface area contributed by atoms with Gasteiger partial charge in [-0.2, -0.15) is 0 Å². The predicted octanol–water partition coefficient (Wildman–Crippen LogP) is 3.42. The van der Waals surface area contributed by atoms with Crippen LogP contribution >= 0.6 is 0 Å². The molecule has 1 aliphatic carbocycles. The average molecular weight is 319 g/mol. The Hall–Kier alpha value is -1.40. The molecule has 1 amide bonds. The molecule has 2 aliphatic rings. The quantitative estimate of drug-likeness (QED) is 0.804. The van der Waals surface area contributed by atoms with Gasteiger partial charge in [0.05, 0.1) is 0 Å². The van der Waals surface area contributed by atoms with Crippen LogP contribution in [0.4, 0.5) is 13.6 Å². The molecule has 5 nitrogen and oxygen atoms in total. The van der Waals surface area contributed by atoms with Gasteiger partial charge >= 0.3 is 12.1 Å². The van der Waals surface area contributed by atoms with Gasteiger partial charge in [0.25, 0.3) is 0 Å². The summed E-state index contributed by atoms with van der Waals surface area (Å²) in [7, 11) is 0. The number of nitrogens with zero attached hydrogens (tertiary/aromatic N) is 1. The van der Waals surface area contributed by atoms with Gasteiger partial charge in [-0.1, -0.05) is 0 Å². The van der Waals surface area contributed by atoms with Crippen LogP contribution in [0.2, 0.25) is 0 Å². The fourth-order valence-corrected chi connectivity index (χ4v) is 3.42. The second kappa shape index (κ2) is 5.35. The van der Waals surface area contributed by atoms with Gasteiger partial charge in [0.2, 0.25) is 5.92 Å². The molecule has 0 aromatic rings. The molecule has 0 bridgehead atoms. The molecule has 7 heteroatoms. The third-order valence-corrected chi connectivity index (χ3v) is 4.49. The maximum absolute atomic E-state index is 13.4. The van der Waals surface area contributed by atoms with Crippen LogP contribution in [-0.2, 0) is 9.53 Å². The molecule has 1 spiro atoms. The maximum Gasteiger partial charge on any atom is 0.411 e. The average Bonchev–Trinajstić information content (AvgIpc) is 2.71. The smallest absolute Gasteiger partial charge is 0.411 e. The van der Waals surface area contributed by atoms with Crippen LogP contribution in [0.3, 0.4) is 0 Å². The Morgan fingerprint density at radius 3 is 2.14 bits per heavy atom. The molecular formula is C15H23F2NO4. The highest BCUT2D eigenvalue weighted by Gasteiger charge is 2.56. The van der Waals surface area contributed by atoms with Crippen LogP contribution in [0.15, 0.2) is 0 Å². The number of carbonyl (C=O) groups excluding carboxylic acids is 1. The maximum atomic E-state index is 13.4. The molecule has 1 atom stereocenters. The molecule has 1 unspecified atom stereocenters. The van der Waals surface area contributed by atoms with E-state index in [1.165, 1.54) is 4.90 Å². The number of alkyl halides is 2. The van der Waals surface area contributed by atoms with Crippen molar-refractivity contribution >= 4 is 12.1 Å². The molecule has 1 saturated carbocycles. The van der Waals surface area contributed by atoms with E-state index in [2.05, 4.69) is 0 Å². The lowest BCUT2D eigenvalue weighted by molar-refractivity contribution is -0.144. The lowest BCUT2D eigenvalue weighted by Crippen LogP contribution is -2.56. The molecule has 22 heavy (non-hydrogen) atoms. The highest BCUT2D eigenvalue weighted by Crippen LogP contribution is 2.49. The van der Waals surface area contributed by atoms with Gasteiger partial charge in [-0.25, -0.2) is 18.4 Å². The van der Waals surface area contributed by atoms with Crippen LogP contribution in [0.5, 0.6) is 0 Å². The van der Waals surface area contributed by atoms with E-state index in [4.69, 9.17) is 4.74 Å². The van der Waals surface area contributed by atoms with Crippen molar-refractivity contribution in [3.63, 3.8) is 0 Å². The van der Waals surface area contributed by atoms with E-state index >= 15 is 0 Å². The summed E-state index contributed by atoms with van der Waals surface area (Å²) in [4.78, 5) is 25.1. The first-order valence-electron chi connectivity index (χ1n) is 7.59. The molecule has 1 N–H and O–H groups in total. The Bertz CT molecular complexity index is 463. The summed E-state index contributed by atoms with van der Waals surface area (Å²) < 4.78 is 32.2. The first-order valence-corrected chi connectivity index (χ1v) is 7.59. The number of likely N-dealkylation sites (tertiary alicyclic amines) is 1. The van der Waals surface area contributed by atoms with Crippen molar-refractivity contribution < 1.29 is 28.2 Å². The summed E-state index contributed by atoms with van der Waals surface area (Å²) in [5, 5.41) is 9.35. The Labute approximate surface area is 128 Å². The van der Waals surface area contributed by atoms with Crippen LogP contribution in [0.1, 0.15) is 59.3 Å². The molecule has 0 aromatic heterocycles. The lowest BCUT2D eigenvalue weighted by atomic mass is 9.78. The second-order valence-corrected chi connectivity index (χ2v) is 7.32. The summed E-state index contributed by atoms with van der Waals surface area (Å²) in [6.07, 6.45) is -0.425. The summed E-state index contributed by atoms with van der Waals surface area (Å²) in [6, 6.07) is -0.999. The Kier molecular flexibility index (Phi) is 4.13. The lowest BCUT2D eigenvalue weighted by Gasteiger charge is -2.44. The number of carboxylic acids is 1. The minimum atomic E-state index is -2.73. The van der Waals surface area contributed by atoms with Gasteiger partial charge in [0, 0.05) is 18.4 Å². The molecule has 0 aromatic carbocycles. The molecule has 126 valence electrons. The summed E-state index contributed by atoms with van der Waals surface area (Å²) in [5.74, 6) is -3.84. The van der Waals surface area contributed by atoms with E-state index < -0.39 is 35.2 Å². The fraction of sp³-hybridized carbons (Fsp3) is 0.867. The number of halogens is 2. The van der Waals surface area contributed by atoms with Gasteiger partial charge in [-0.05, 0) is 46.5 Å². The normalized spacial score (nSPS) is 27.0. The monoisotopic (exact) mass is 319 g/mol. The Morgan fingerprint density at radius 2 is 1.68 bits per heavy atom. The molecule has 0 radical (unpaired) electrons. The van der Waals surface area contributed by atoms with Crippen molar-refractivity contribution in [3.05, 3.63) is 0 Å². The summed E-state index contributed by atoms with van der Waals surface area (Å²) >= 11 is 0. The Balaban J connectivity index is 2.26. The molecule has 2 rings (SSSR count). The number of carboxylic acid groups (broad SMARTS) is 1. The van der Waals surface area contributed by atoms with E-state index in [0.717, 1.165) is 0 Å². The van der Waals surface area contributed by atoms with Crippen molar-refractivity contribution in [2.75, 3.05) is 0 Å². The third kappa shape index (κ3) is 3.33. The standard InChI is InChI=1S/C15H23F2NO4/c1-13(2,3)22-12(21)18-10(11(19)20)4-5-14(18)6-8-15(16,17)9-7-14/h10H,4-9H2,1-3H3,(H,19,20). The first-order chi connectivity index (χ1) is 9.96. The number of amides is 1. The first kappa shape index (κ1) is 17.0.